The zero-order valence-corrected chi connectivity index (χ0v) is 7.00. The maximum absolute atomic E-state index is 13.0. The van der Waals surface area contributed by atoms with Gasteiger partial charge < -0.3 is 10.8 Å². The fourth-order valence-electron chi connectivity index (χ4n) is 0.918. The molecule has 0 bridgehead atoms. The summed E-state index contributed by atoms with van der Waals surface area (Å²) in [5, 5.41) is 8.25. The van der Waals surface area contributed by atoms with Crippen LogP contribution in [0.5, 0.6) is 0 Å². The quantitative estimate of drug-likeness (QED) is 0.562. The molecule has 1 aromatic carbocycles. The van der Waals surface area contributed by atoms with E-state index >= 15 is 0 Å². The van der Waals surface area contributed by atoms with E-state index in [0.29, 0.717) is 6.08 Å². The first-order chi connectivity index (χ1) is 6.50. The summed E-state index contributed by atoms with van der Waals surface area (Å²) in [6.45, 7) is 0. The zero-order valence-electron chi connectivity index (χ0n) is 7.00. The summed E-state index contributed by atoms with van der Waals surface area (Å²) in [6.07, 6.45) is 1.49. The number of carboxylic acid groups (broad SMARTS) is 1. The highest BCUT2D eigenvalue weighted by atomic mass is 19.1. The minimum Gasteiger partial charge on any atom is -0.478 e. The summed E-state index contributed by atoms with van der Waals surface area (Å²) in [5.74, 6) is -3.05. The van der Waals surface area contributed by atoms with Crippen LogP contribution in [0.4, 0.5) is 14.5 Å². The van der Waals surface area contributed by atoms with Crippen LogP contribution in [0.15, 0.2) is 18.2 Å². The van der Waals surface area contributed by atoms with E-state index in [1.165, 1.54) is 0 Å². The highest BCUT2D eigenvalue weighted by Gasteiger charge is 2.07. The molecule has 0 saturated heterocycles. The van der Waals surface area contributed by atoms with Gasteiger partial charge in [-0.2, -0.15) is 0 Å². The Hall–Kier alpha value is -1.91. The third-order valence-corrected chi connectivity index (χ3v) is 1.49. The van der Waals surface area contributed by atoms with Crippen molar-refractivity contribution in [1.29, 1.82) is 0 Å². The van der Waals surface area contributed by atoms with Crippen molar-refractivity contribution in [2.75, 3.05) is 5.73 Å². The van der Waals surface area contributed by atoms with Crippen molar-refractivity contribution in [3.05, 3.63) is 35.4 Å². The second kappa shape index (κ2) is 3.87. The van der Waals surface area contributed by atoms with Gasteiger partial charge in [0.15, 0.2) is 0 Å². The molecule has 0 atom stereocenters. The van der Waals surface area contributed by atoms with Gasteiger partial charge in [0.05, 0.1) is 0 Å². The van der Waals surface area contributed by atoms with Crippen LogP contribution in [0.2, 0.25) is 0 Å². The van der Waals surface area contributed by atoms with Crippen molar-refractivity contribution in [2.24, 2.45) is 0 Å². The number of hydrogen-bond acceptors (Lipinski definition) is 2. The van der Waals surface area contributed by atoms with E-state index in [-0.39, 0.29) is 5.69 Å². The fourth-order valence-corrected chi connectivity index (χ4v) is 0.918. The predicted molar refractivity (Wildman–Crippen MR) is 47.4 cm³/mol. The molecule has 14 heavy (non-hydrogen) atoms. The highest BCUT2D eigenvalue weighted by molar-refractivity contribution is 5.85. The average molecular weight is 199 g/mol. The maximum Gasteiger partial charge on any atom is 0.328 e. The number of halogens is 2. The number of benzene rings is 1. The molecule has 0 aliphatic heterocycles. The molecular weight excluding hydrogens is 192 g/mol. The lowest BCUT2D eigenvalue weighted by Crippen LogP contribution is -1.94. The number of carbonyl (C=O) groups is 1. The summed E-state index contributed by atoms with van der Waals surface area (Å²) in [6, 6.07) is 1.84. The van der Waals surface area contributed by atoms with Crippen LogP contribution in [0.1, 0.15) is 5.56 Å². The van der Waals surface area contributed by atoms with Gasteiger partial charge in [-0.3, -0.25) is 0 Å². The topological polar surface area (TPSA) is 63.3 Å². The van der Waals surface area contributed by atoms with Gasteiger partial charge in [-0.05, 0) is 18.2 Å². The monoisotopic (exact) mass is 199 g/mol. The number of rotatable bonds is 2. The number of nitrogens with two attached hydrogens (primary N) is 1. The number of anilines is 1. The van der Waals surface area contributed by atoms with E-state index in [1.54, 1.807) is 0 Å². The molecule has 1 aromatic rings. The normalized spacial score (nSPS) is 10.7. The minimum absolute atomic E-state index is 0.0486. The van der Waals surface area contributed by atoms with Crippen LogP contribution in [0, 0.1) is 11.6 Å². The fraction of sp³-hybridized carbons (Fsp3) is 0. The van der Waals surface area contributed by atoms with Crippen molar-refractivity contribution in [3.63, 3.8) is 0 Å². The molecule has 3 nitrogen and oxygen atoms in total. The largest absolute Gasteiger partial charge is 0.478 e. The van der Waals surface area contributed by atoms with Crippen LogP contribution in [0.25, 0.3) is 6.08 Å². The number of hydrogen-bond donors (Lipinski definition) is 2. The van der Waals surface area contributed by atoms with Gasteiger partial charge in [-0.1, -0.05) is 0 Å². The average Bonchev–Trinajstić information content (AvgIpc) is 2.01. The number of aliphatic carboxylic acids is 1. The zero-order chi connectivity index (χ0) is 10.7. The molecule has 0 aromatic heterocycles. The van der Waals surface area contributed by atoms with Gasteiger partial charge >= 0.3 is 5.97 Å². The SMILES string of the molecule is Nc1cc(F)c(C=CC(=O)O)c(F)c1. The Morgan fingerprint density at radius 2 is 1.86 bits per heavy atom. The second-order valence-corrected chi connectivity index (χ2v) is 2.57. The Bertz CT molecular complexity index is 379. The van der Waals surface area contributed by atoms with Crippen LogP contribution < -0.4 is 5.73 Å². The Labute approximate surface area is 78.5 Å². The molecule has 5 heteroatoms. The molecule has 1 rings (SSSR count). The van der Waals surface area contributed by atoms with Crippen LogP contribution in [-0.4, -0.2) is 11.1 Å². The smallest absolute Gasteiger partial charge is 0.328 e. The first-order valence-electron chi connectivity index (χ1n) is 3.66. The lowest BCUT2D eigenvalue weighted by Gasteiger charge is -2.00. The Balaban J connectivity index is 3.15. The van der Waals surface area contributed by atoms with E-state index in [9.17, 15) is 13.6 Å². The molecule has 3 N–H and O–H groups in total. The van der Waals surface area contributed by atoms with Gasteiger partial charge in [-0.15, -0.1) is 0 Å². The molecule has 0 aliphatic carbocycles. The lowest BCUT2D eigenvalue weighted by molar-refractivity contribution is -0.131. The van der Waals surface area contributed by atoms with Gasteiger partial charge in [-0.25, -0.2) is 13.6 Å². The summed E-state index contributed by atoms with van der Waals surface area (Å²) in [4.78, 5) is 10.1. The van der Waals surface area contributed by atoms with Gasteiger partial charge in [0, 0.05) is 17.3 Å². The van der Waals surface area contributed by atoms with E-state index in [1.807, 2.05) is 0 Å². The third-order valence-electron chi connectivity index (χ3n) is 1.49. The molecule has 0 heterocycles. The predicted octanol–water partition coefficient (Wildman–Crippen LogP) is 1.64. The van der Waals surface area contributed by atoms with Gasteiger partial charge in [0.1, 0.15) is 11.6 Å². The van der Waals surface area contributed by atoms with E-state index in [2.05, 4.69) is 0 Å². The first kappa shape index (κ1) is 10.2. The first-order valence-corrected chi connectivity index (χ1v) is 3.66. The Kier molecular flexibility index (Phi) is 2.81. The van der Waals surface area contributed by atoms with Gasteiger partial charge in [0.2, 0.25) is 0 Å². The standard InChI is InChI=1S/C9H7F2NO2/c10-7-3-5(12)4-8(11)6(7)1-2-9(13)14/h1-4H,12H2,(H,13,14). The molecule has 0 spiro atoms. The number of carboxylic acids is 1. The summed E-state index contributed by atoms with van der Waals surface area (Å²) in [7, 11) is 0. The van der Waals surface area contributed by atoms with Crippen LogP contribution in [0.3, 0.4) is 0 Å². The van der Waals surface area contributed by atoms with E-state index in [0.717, 1.165) is 18.2 Å². The third kappa shape index (κ3) is 2.29. The van der Waals surface area contributed by atoms with E-state index < -0.39 is 23.2 Å². The van der Waals surface area contributed by atoms with Crippen molar-refractivity contribution in [3.8, 4) is 0 Å². The second-order valence-electron chi connectivity index (χ2n) is 2.57. The molecule has 74 valence electrons. The summed E-state index contributed by atoms with van der Waals surface area (Å²) >= 11 is 0. The van der Waals surface area contributed by atoms with E-state index in [4.69, 9.17) is 10.8 Å². The molecular formula is C9H7F2NO2. The molecule has 0 unspecified atom stereocenters. The Morgan fingerprint density at radius 1 is 1.36 bits per heavy atom. The minimum atomic E-state index is -1.28. The van der Waals surface area contributed by atoms with Crippen LogP contribution in [-0.2, 0) is 4.79 Å². The molecule has 0 amide bonds. The molecule has 0 radical (unpaired) electrons. The van der Waals surface area contributed by atoms with Crippen molar-refractivity contribution < 1.29 is 18.7 Å². The number of nitrogen functional groups attached to an aromatic ring is 1. The van der Waals surface area contributed by atoms with Crippen molar-refractivity contribution >= 4 is 17.7 Å². The van der Waals surface area contributed by atoms with Crippen LogP contribution >= 0.6 is 0 Å². The van der Waals surface area contributed by atoms with Crippen molar-refractivity contribution in [1.82, 2.24) is 0 Å². The highest BCUT2D eigenvalue weighted by Crippen LogP contribution is 2.17. The molecule has 0 fully saturated rings. The van der Waals surface area contributed by atoms with Crippen molar-refractivity contribution in [2.45, 2.75) is 0 Å². The molecule has 0 aliphatic rings. The summed E-state index contributed by atoms with van der Waals surface area (Å²) in [5.41, 5.74) is 4.70. The Morgan fingerprint density at radius 3 is 2.29 bits per heavy atom. The lowest BCUT2D eigenvalue weighted by atomic mass is 10.1. The molecule has 0 saturated carbocycles. The summed E-state index contributed by atoms with van der Waals surface area (Å²) < 4.78 is 26.0. The maximum atomic E-state index is 13.0. The van der Waals surface area contributed by atoms with Gasteiger partial charge in [0.25, 0.3) is 0 Å².